The summed E-state index contributed by atoms with van der Waals surface area (Å²) in [5.41, 5.74) is 7.76. The highest BCUT2D eigenvalue weighted by atomic mass is 35.5. The largest absolute Gasteiger partial charge is 0.492 e. The van der Waals surface area contributed by atoms with Gasteiger partial charge < -0.3 is 20.5 Å². The Balaban J connectivity index is 0.00000320. The van der Waals surface area contributed by atoms with Crippen LogP contribution in [0.1, 0.15) is 30.0 Å². The summed E-state index contributed by atoms with van der Waals surface area (Å²) in [7, 11) is 0. The van der Waals surface area contributed by atoms with Gasteiger partial charge in [0.05, 0.1) is 17.5 Å². The molecule has 9 heteroatoms. The molecule has 0 unspecified atom stereocenters. The minimum absolute atomic E-state index is 0. The molecular formula is C21H26ClN5O3. The van der Waals surface area contributed by atoms with Crippen molar-refractivity contribution in [1.82, 2.24) is 15.0 Å². The molecule has 0 bridgehead atoms. The molecule has 0 aliphatic carbocycles. The maximum atomic E-state index is 12.6. The van der Waals surface area contributed by atoms with Crippen molar-refractivity contribution in [3.8, 4) is 17.2 Å². The predicted molar refractivity (Wildman–Crippen MR) is 118 cm³/mol. The second kappa shape index (κ2) is 10.6. The number of aromatic nitrogens is 3. The first-order valence-corrected chi connectivity index (χ1v) is 9.41. The van der Waals surface area contributed by atoms with E-state index < -0.39 is 0 Å². The lowest BCUT2D eigenvalue weighted by molar-refractivity contribution is 0.102. The lowest BCUT2D eigenvalue weighted by Gasteiger charge is -2.10. The minimum atomic E-state index is -0.330. The number of nitrogens with one attached hydrogen (secondary N) is 1. The Morgan fingerprint density at radius 1 is 1.10 bits per heavy atom. The summed E-state index contributed by atoms with van der Waals surface area (Å²) in [6.45, 7) is 6.64. The summed E-state index contributed by atoms with van der Waals surface area (Å²) in [5, 5.41) is 11.0. The first kappa shape index (κ1) is 23.2. The fraction of sp³-hybridized carbons (Fsp3) is 0.286. The van der Waals surface area contributed by atoms with Gasteiger partial charge in [-0.25, -0.2) is 4.68 Å². The van der Waals surface area contributed by atoms with E-state index in [2.05, 4.69) is 15.6 Å². The number of rotatable bonds is 8. The third-order valence-electron chi connectivity index (χ3n) is 4.06. The van der Waals surface area contributed by atoms with Gasteiger partial charge in [0.2, 0.25) is 0 Å². The fourth-order valence-corrected chi connectivity index (χ4v) is 2.72. The monoisotopic (exact) mass is 431 g/mol. The molecule has 30 heavy (non-hydrogen) atoms. The highest BCUT2D eigenvalue weighted by molar-refractivity contribution is 6.03. The quantitative estimate of drug-likeness (QED) is 0.566. The Hall–Kier alpha value is -3.10. The van der Waals surface area contributed by atoms with Crippen LogP contribution in [0, 0.1) is 6.92 Å². The molecule has 0 saturated heterocycles. The van der Waals surface area contributed by atoms with Crippen LogP contribution in [0.5, 0.6) is 11.5 Å². The lowest BCUT2D eigenvalue weighted by Crippen LogP contribution is -2.14. The molecule has 0 spiro atoms. The molecule has 0 fully saturated rings. The molecule has 3 rings (SSSR count). The smallest absolute Gasteiger partial charge is 0.278 e. The zero-order valence-corrected chi connectivity index (χ0v) is 18.0. The van der Waals surface area contributed by atoms with E-state index in [1.54, 1.807) is 35.9 Å². The molecule has 1 heterocycles. The van der Waals surface area contributed by atoms with Crippen molar-refractivity contribution in [2.75, 3.05) is 18.5 Å². The highest BCUT2D eigenvalue weighted by Gasteiger charge is 2.17. The van der Waals surface area contributed by atoms with Gasteiger partial charge in [-0.15, -0.1) is 17.5 Å². The second-order valence-corrected chi connectivity index (χ2v) is 6.71. The number of halogens is 1. The number of carbonyl (C=O) groups excluding carboxylic acids is 1. The van der Waals surface area contributed by atoms with Gasteiger partial charge in [-0.1, -0.05) is 5.21 Å². The molecule has 0 saturated carbocycles. The van der Waals surface area contributed by atoms with Crippen LogP contribution < -0.4 is 20.5 Å². The molecule has 0 aliphatic heterocycles. The van der Waals surface area contributed by atoms with Gasteiger partial charge in [0, 0.05) is 12.2 Å². The van der Waals surface area contributed by atoms with Gasteiger partial charge in [0.15, 0.2) is 5.69 Å². The van der Waals surface area contributed by atoms with Gasteiger partial charge in [-0.05, 0) is 69.3 Å². The van der Waals surface area contributed by atoms with Crippen molar-refractivity contribution in [3.05, 3.63) is 59.9 Å². The van der Waals surface area contributed by atoms with Gasteiger partial charge in [0.1, 0.15) is 18.1 Å². The molecule has 0 radical (unpaired) electrons. The van der Waals surface area contributed by atoms with Crippen molar-refractivity contribution >= 4 is 24.0 Å². The molecule has 3 aromatic rings. The third-order valence-corrected chi connectivity index (χ3v) is 4.06. The van der Waals surface area contributed by atoms with Gasteiger partial charge >= 0.3 is 0 Å². The summed E-state index contributed by atoms with van der Waals surface area (Å²) in [5.74, 6) is 1.14. The fourth-order valence-electron chi connectivity index (χ4n) is 2.72. The van der Waals surface area contributed by atoms with E-state index in [1.165, 1.54) is 0 Å². The average Bonchev–Trinajstić information content (AvgIpc) is 3.09. The lowest BCUT2D eigenvalue weighted by atomic mass is 10.2. The van der Waals surface area contributed by atoms with Crippen molar-refractivity contribution < 1.29 is 14.3 Å². The predicted octanol–water partition coefficient (Wildman–Crippen LogP) is 3.37. The average molecular weight is 432 g/mol. The zero-order chi connectivity index (χ0) is 20.8. The zero-order valence-electron chi connectivity index (χ0n) is 17.2. The molecule has 2 aromatic carbocycles. The third kappa shape index (κ3) is 5.71. The van der Waals surface area contributed by atoms with E-state index >= 15 is 0 Å². The molecule has 8 nitrogen and oxygen atoms in total. The van der Waals surface area contributed by atoms with Crippen LogP contribution >= 0.6 is 12.4 Å². The van der Waals surface area contributed by atoms with E-state index in [0.717, 1.165) is 11.4 Å². The standard InChI is InChI=1S/C21H25N5O3.ClH/c1-14(2)29-19-10-6-17(7-11-19)26-15(3)20(24-25-26)21(27)23-16-4-8-18(9-5-16)28-13-12-22;/h4-11,14H,12-13,22H2,1-3H3,(H,23,27);1H. The van der Waals surface area contributed by atoms with Crippen molar-refractivity contribution in [2.45, 2.75) is 26.9 Å². The van der Waals surface area contributed by atoms with E-state index in [1.807, 2.05) is 38.1 Å². The number of nitrogens with zero attached hydrogens (tertiary/aromatic N) is 3. The Morgan fingerprint density at radius 2 is 1.73 bits per heavy atom. The normalized spacial score (nSPS) is 10.4. The van der Waals surface area contributed by atoms with E-state index in [0.29, 0.717) is 30.3 Å². The molecule has 160 valence electrons. The van der Waals surface area contributed by atoms with Crippen LogP contribution in [0.4, 0.5) is 5.69 Å². The maximum absolute atomic E-state index is 12.6. The van der Waals surface area contributed by atoms with Crippen LogP contribution in [0.2, 0.25) is 0 Å². The van der Waals surface area contributed by atoms with Crippen LogP contribution in [0.3, 0.4) is 0 Å². The van der Waals surface area contributed by atoms with Gasteiger partial charge in [0.25, 0.3) is 5.91 Å². The number of nitrogens with two attached hydrogens (primary N) is 1. The summed E-state index contributed by atoms with van der Waals surface area (Å²) >= 11 is 0. The number of amides is 1. The first-order valence-electron chi connectivity index (χ1n) is 9.41. The summed E-state index contributed by atoms with van der Waals surface area (Å²) in [4.78, 5) is 12.6. The maximum Gasteiger partial charge on any atom is 0.278 e. The van der Waals surface area contributed by atoms with Crippen LogP contribution in [-0.4, -0.2) is 40.2 Å². The van der Waals surface area contributed by atoms with Crippen LogP contribution in [-0.2, 0) is 0 Å². The van der Waals surface area contributed by atoms with Gasteiger partial charge in [-0.2, -0.15) is 0 Å². The molecule has 1 amide bonds. The molecule has 3 N–H and O–H groups in total. The minimum Gasteiger partial charge on any atom is -0.492 e. The highest BCUT2D eigenvalue weighted by Crippen LogP contribution is 2.20. The van der Waals surface area contributed by atoms with E-state index in [9.17, 15) is 4.79 Å². The number of hydrogen-bond acceptors (Lipinski definition) is 6. The first-order chi connectivity index (χ1) is 14.0. The van der Waals surface area contributed by atoms with Crippen LogP contribution in [0.15, 0.2) is 48.5 Å². The Kier molecular flexibility index (Phi) is 8.20. The Bertz CT molecular complexity index is 956. The molecular weight excluding hydrogens is 406 g/mol. The van der Waals surface area contributed by atoms with Crippen molar-refractivity contribution in [2.24, 2.45) is 5.73 Å². The number of hydrogen-bond donors (Lipinski definition) is 2. The second-order valence-electron chi connectivity index (χ2n) is 6.71. The number of ether oxygens (including phenoxy) is 2. The van der Waals surface area contributed by atoms with E-state index in [4.69, 9.17) is 15.2 Å². The topological polar surface area (TPSA) is 104 Å². The Labute approximate surface area is 181 Å². The van der Waals surface area contributed by atoms with Crippen LogP contribution in [0.25, 0.3) is 5.69 Å². The summed E-state index contributed by atoms with van der Waals surface area (Å²) < 4.78 is 12.7. The van der Waals surface area contributed by atoms with Gasteiger partial charge in [-0.3, -0.25) is 4.79 Å². The van der Waals surface area contributed by atoms with E-state index in [-0.39, 0.29) is 30.1 Å². The molecule has 0 atom stereocenters. The summed E-state index contributed by atoms with van der Waals surface area (Å²) in [6, 6.07) is 14.6. The number of carbonyl (C=O) groups is 1. The summed E-state index contributed by atoms with van der Waals surface area (Å²) in [6.07, 6.45) is 0.102. The molecule has 0 aliphatic rings. The number of benzene rings is 2. The molecule has 1 aromatic heterocycles. The van der Waals surface area contributed by atoms with Crippen molar-refractivity contribution in [3.63, 3.8) is 0 Å². The SMILES string of the molecule is Cc1c(C(=O)Nc2ccc(OCCN)cc2)nnn1-c1ccc(OC(C)C)cc1.Cl. The Morgan fingerprint density at radius 3 is 2.33 bits per heavy atom. The van der Waals surface area contributed by atoms with Crippen molar-refractivity contribution in [1.29, 1.82) is 0 Å². The number of anilines is 1.